The Balaban J connectivity index is 1.73. The quantitative estimate of drug-likeness (QED) is 0.773. The Bertz CT molecular complexity index is 376. The summed E-state index contributed by atoms with van der Waals surface area (Å²) in [5, 5.41) is 0. The van der Waals surface area contributed by atoms with E-state index in [1.54, 1.807) is 9.80 Å². The van der Waals surface area contributed by atoms with Crippen molar-refractivity contribution in [1.82, 2.24) is 9.80 Å². The van der Waals surface area contributed by atoms with E-state index in [-0.39, 0.29) is 29.8 Å². The fourth-order valence-corrected chi connectivity index (χ4v) is 3.86. The van der Waals surface area contributed by atoms with Gasteiger partial charge in [-0.15, -0.1) is 0 Å². The van der Waals surface area contributed by atoms with Crippen LogP contribution in [0.5, 0.6) is 0 Å². The smallest absolute Gasteiger partial charge is 0.245 e. The first-order valence-electron chi connectivity index (χ1n) is 6.84. The van der Waals surface area contributed by atoms with Crippen molar-refractivity contribution in [3.8, 4) is 0 Å². The number of thiol groups is 1. The zero-order valence-electron chi connectivity index (χ0n) is 10.6. The van der Waals surface area contributed by atoms with Gasteiger partial charge in [-0.2, -0.15) is 12.6 Å². The van der Waals surface area contributed by atoms with Crippen molar-refractivity contribution in [2.24, 2.45) is 5.41 Å². The van der Waals surface area contributed by atoms with E-state index < -0.39 is 0 Å². The molecule has 0 spiro atoms. The summed E-state index contributed by atoms with van der Waals surface area (Å²) in [7, 11) is 0. The topological polar surface area (TPSA) is 40.6 Å². The van der Waals surface area contributed by atoms with E-state index in [2.05, 4.69) is 12.6 Å². The van der Waals surface area contributed by atoms with Crippen molar-refractivity contribution in [2.75, 3.05) is 25.4 Å². The molecule has 0 aromatic rings. The molecule has 2 aliphatic heterocycles. The second-order valence-electron chi connectivity index (χ2n) is 5.95. The standard InChI is InChI=1S/C13H20N2O2S/c16-11-7-14(8-13(9-18)4-2-5-13)12(17)10-3-1-6-15(10)11/h10,18H,1-9H2. The summed E-state index contributed by atoms with van der Waals surface area (Å²) in [6, 6.07) is -0.164. The van der Waals surface area contributed by atoms with Gasteiger partial charge in [0.2, 0.25) is 11.8 Å². The third-order valence-electron chi connectivity index (χ3n) is 4.77. The molecule has 1 aliphatic carbocycles. The molecular formula is C13H20N2O2S. The predicted molar refractivity (Wildman–Crippen MR) is 71.5 cm³/mol. The summed E-state index contributed by atoms with van der Waals surface area (Å²) >= 11 is 4.43. The van der Waals surface area contributed by atoms with Gasteiger partial charge in [-0.1, -0.05) is 6.42 Å². The van der Waals surface area contributed by atoms with Gasteiger partial charge in [0.05, 0.1) is 6.54 Å². The van der Waals surface area contributed by atoms with Gasteiger partial charge in [0, 0.05) is 13.1 Å². The second kappa shape index (κ2) is 4.44. The first-order valence-corrected chi connectivity index (χ1v) is 7.48. The molecule has 2 amide bonds. The SMILES string of the molecule is O=C1C2CCCN2C(=O)CN1CC1(CS)CCC1. The highest BCUT2D eigenvalue weighted by Gasteiger charge is 2.45. The molecular weight excluding hydrogens is 248 g/mol. The highest BCUT2D eigenvalue weighted by atomic mass is 32.1. The van der Waals surface area contributed by atoms with Gasteiger partial charge in [0.15, 0.2) is 0 Å². The molecule has 3 rings (SSSR count). The molecule has 0 aromatic heterocycles. The lowest BCUT2D eigenvalue weighted by Gasteiger charge is -2.46. The predicted octanol–water partition coefficient (Wildman–Crippen LogP) is 0.920. The highest BCUT2D eigenvalue weighted by Crippen LogP contribution is 2.43. The largest absolute Gasteiger partial charge is 0.331 e. The van der Waals surface area contributed by atoms with Gasteiger partial charge in [-0.25, -0.2) is 0 Å². The summed E-state index contributed by atoms with van der Waals surface area (Å²) in [5.74, 6) is 1.12. The maximum absolute atomic E-state index is 12.4. The van der Waals surface area contributed by atoms with Crippen LogP contribution in [-0.4, -0.2) is 53.0 Å². The average Bonchev–Trinajstić information content (AvgIpc) is 2.79. The van der Waals surface area contributed by atoms with Crippen LogP contribution in [0, 0.1) is 5.41 Å². The molecule has 2 saturated heterocycles. The van der Waals surface area contributed by atoms with Crippen molar-refractivity contribution in [2.45, 2.75) is 38.1 Å². The average molecular weight is 268 g/mol. The minimum Gasteiger partial charge on any atom is -0.331 e. The lowest BCUT2D eigenvalue weighted by molar-refractivity contribution is -0.155. The Labute approximate surface area is 113 Å². The highest BCUT2D eigenvalue weighted by molar-refractivity contribution is 7.80. The van der Waals surface area contributed by atoms with Crippen LogP contribution >= 0.6 is 12.6 Å². The van der Waals surface area contributed by atoms with Crippen LogP contribution in [0.15, 0.2) is 0 Å². The Morgan fingerprint density at radius 2 is 2.06 bits per heavy atom. The van der Waals surface area contributed by atoms with Crippen molar-refractivity contribution < 1.29 is 9.59 Å². The van der Waals surface area contributed by atoms with E-state index >= 15 is 0 Å². The van der Waals surface area contributed by atoms with Gasteiger partial charge in [0.1, 0.15) is 6.04 Å². The lowest BCUT2D eigenvalue weighted by atomic mass is 9.70. The van der Waals surface area contributed by atoms with E-state index in [0.717, 1.165) is 44.5 Å². The molecule has 2 heterocycles. The van der Waals surface area contributed by atoms with E-state index in [9.17, 15) is 9.59 Å². The first kappa shape index (κ1) is 12.3. The number of hydrogen-bond acceptors (Lipinski definition) is 3. The Morgan fingerprint density at radius 3 is 2.67 bits per heavy atom. The van der Waals surface area contributed by atoms with Crippen molar-refractivity contribution in [3.05, 3.63) is 0 Å². The van der Waals surface area contributed by atoms with Crippen molar-refractivity contribution >= 4 is 24.4 Å². The minimum absolute atomic E-state index is 0.130. The fraction of sp³-hybridized carbons (Fsp3) is 0.846. The van der Waals surface area contributed by atoms with Crippen LogP contribution in [0.4, 0.5) is 0 Å². The third kappa shape index (κ3) is 1.83. The summed E-state index contributed by atoms with van der Waals surface area (Å²) in [4.78, 5) is 28.0. The Kier molecular flexibility index (Phi) is 3.04. The van der Waals surface area contributed by atoms with E-state index in [1.165, 1.54) is 6.42 Å². The molecule has 1 saturated carbocycles. The maximum atomic E-state index is 12.4. The van der Waals surface area contributed by atoms with E-state index in [4.69, 9.17) is 0 Å². The van der Waals surface area contributed by atoms with Crippen LogP contribution in [0.25, 0.3) is 0 Å². The number of piperazine rings is 1. The molecule has 18 heavy (non-hydrogen) atoms. The summed E-state index contributed by atoms with van der Waals surface area (Å²) in [6.45, 7) is 1.77. The second-order valence-corrected chi connectivity index (χ2v) is 6.27. The molecule has 5 heteroatoms. The van der Waals surface area contributed by atoms with Gasteiger partial charge in [-0.05, 0) is 36.9 Å². The van der Waals surface area contributed by atoms with E-state index in [1.807, 2.05) is 0 Å². The first-order chi connectivity index (χ1) is 8.65. The zero-order chi connectivity index (χ0) is 12.8. The molecule has 1 unspecified atom stereocenters. The molecule has 0 aromatic carbocycles. The summed E-state index contributed by atoms with van der Waals surface area (Å²) in [6.07, 6.45) is 5.32. The van der Waals surface area contributed by atoms with Crippen molar-refractivity contribution in [3.63, 3.8) is 0 Å². The fourth-order valence-electron chi connectivity index (χ4n) is 3.45. The van der Waals surface area contributed by atoms with Crippen LogP contribution in [-0.2, 0) is 9.59 Å². The number of fused-ring (bicyclic) bond motifs is 1. The Hall–Kier alpha value is -0.710. The third-order valence-corrected chi connectivity index (χ3v) is 5.44. The van der Waals surface area contributed by atoms with Gasteiger partial charge < -0.3 is 9.80 Å². The van der Waals surface area contributed by atoms with Gasteiger partial charge >= 0.3 is 0 Å². The molecule has 1 atom stereocenters. The summed E-state index contributed by atoms with van der Waals surface area (Å²) in [5.41, 5.74) is 0.180. The van der Waals surface area contributed by atoms with E-state index in [0.29, 0.717) is 0 Å². The number of hydrogen-bond donors (Lipinski definition) is 1. The van der Waals surface area contributed by atoms with Crippen LogP contribution in [0.2, 0.25) is 0 Å². The molecule has 0 radical (unpaired) electrons. The normalized spacial score (nSPS) is 30.4. The number of rotatable bonds is 3. The number of amides is 2. The van der Waals surface area contributed by atoms with Crippen molar-refractivity contribution in [1.29, 1.82) is 0 Å². The molecule has 3 fully saturated rings. The van der Waals surface area contributed by atoms with Gasteiger partial charge in [-0.3, -0.25) is 9.59 Å². The molecule has 100 valence electrons. The molecule has 0 N–H and O–H groups in total. The van der Waals surface area contributed by atoms with Crippen LogP contribution in [0.3, 0.4) is 0 Å². The molecule has 3 aliphatic rings. The lowest BCUT2D eigenvalue weighted by Crippen LogP contribution is -2.60. The maximum Gasteiger partial charge on any atom is 0.245 e. The van der Waals surface area contributed by atoms with Gasteiger partial charge in [0.25, 0.3) is 0 Å². The minimum atomic E-state index is -0.164. The monoisotopic (exact) mass is 268 g/mol. The molecule has 4 nitrogen and oxygen atoms in total. The number of nitrogens with zero attached hydrogens (tertiary/aromatic N) is 2. The zero-order valence-corrected chi connectivity index (χ0v) is 11.5. The van der Waals surface area contributed by atoms with Crippen LogP contribution in [0.1, 0.15) is 32.1 Å². The summed E-state index contributed by atoms with van der Waals surface area (Å²) < 4.78 is 0. The molecule has 0 bridgehead atoms. The van der Waals surface area contributed by atoms with Crippen LogP contribution < -0.4 is 0 Å². The number of carbonyl (C=O) groups is 2. The number of carbonyl (C=O) groups excluding carboxylic acids is 2. The Morgan fingerprint density at radius 1 is 1.28 bits per heavy atom.